The van der Waals surface area contributed by atoms with Crippen molar-refractivity contribution in [1.82, 2.24) is 14.5 Å². The number of amides is 1. The van der Waals surface area contributed by atoms with Crippen LogP contribution in [0, 0.1) is 5.82 Å². The van der Waals surface area contributed by atoms with Gasteiger partial charge in [0.25, 0.3) is 11.5 Å². The maximum atomic E-state index is 15.8. The Hall–Kier alpha value is -3.97. The molecule has 0 aliphatic carbocycles. The molecule has 9 nitrogen and oxygen atoms in total. The van der Waals surface area contributed by atoms with Gasteiger partial charge in [-0.2, -0.15) is 13.2 Å². The van der Waals surface area contributed by atoms with Crippen molar-refractivity contribution in [2.24, 2.45) is 7.05 Å². The first-order valence-electron chi connectivity index (χ1n) is 13.6. The third-order valence-corrected chi connectivity index (χ3v) is 7.76. The van der Waals surface area contributed by atoms with Gasteiger partial charge in [-0.15, -0.1) is 0 Å². The number of nitrogens with one attached hydrogen (secondary N) is 1. The Morgan fingerprint density at radius 2 is 1.79 bits per heavy atom. The maximum absolute atomic E-state index is 15.8. The first-order chi connectivity index (χ1) is 19.9. The van der Waals surface area contributed by atoms with Crippen LogP contribution in [0.5, 0.6) is 0 Å². The van der Waals surface area contributed by atoms with Crippen LogP contribution in [0.3, 0.4) is 0 Å². The number of aromatic nitrogens is 2. The topological polar surface area (TPSA) is 82.9 Å². The molecular formula is C29H32F4N6O3. The van der Waals surface area contributed by atoms with Gasteiger partial charge in [0.2, 0.25) is 0 Å². The van der Waals surface area contributed by atoms with Crippen LogP contribution in [0.15, 0.2) is 47.4 Å². The van der Waals surface area contributed by atoms with Crippen LogP contribution in [-0.2, 0) is 18.0 Å². The molecule has 13 heteroatoms. The zero-order valence-electron chi connectivity index (χ0n) is 23.5. The molecule has 1 N–H and O–H groups in total. The Labute approximate surface area is 240 Å². The molecule has 2 aliphatic heterocycles. The summed E-state index contributed by atoms with van der Waals surface area (Å²) in [6, 6.07) is 8.41. The highest BCUT2D eigenvalue weighted by Gasteiger charge is 2.36. The van der Waals surface area contributed by atoms with Crippen LogP contribution < -0.4 is 20.7 Å². The van der Waals surface area contributed by atoms with Crippen molar-refractivity contribution in [2.45, 2.75) is 19.1 Å². The predicted octanol–water partition coefficient (Wildman–Crippen LogP) is 3.83. The van der Waals surface area contributed by atoms with Crippen molar-refractivity contribution >= 4 is 23.1 Å². The highest BCUT2D eigenvalue weighted by Crippen LogP contribution is 2.37. The fourth-order valence-electron chi connectivity index (χ4n) is 5.16. The number of aryl methyl sites for hydroxylation is 1. The molecule has 2 fully saturated rings. The van der Waals surface area contributed by atoms with Crippen LogP contribution in [-0.4, -0.2) is 79.4 Å². The lowest BCUT2D eigenvalue weighted by molar-refractivity contribution is -0.138. The second kappa shape index (κ2) is 11.7. The normalized spacial score (nSPS) is 18.3. The highest BCUT2D eigenvalue weighted by atomic mass is 19.4. The monoisotopic (exact) mass is 588 g/mol. The smallest absolute Gasteiger partial charge is 0.378 e. The predicted molar refractivity (Wildman–Crippen MR) is 152 cm³/mol. The van der Waals surface area contributed by atoms with Gasteiger partial charge in [-0.1, -0.05) is 6.07 Å². The molecule has 1 aromatic carbocycles. The van der Waals surface area contributed by atoms with Crippen LogP contribution in [0.2, 0.25) is 0 Å². The third kappa shape index (κ3) is 6.12. The van der Waals surface area contributed by atoms with Gasteiger partial charge in [-0.05, 0) is 38.2 Å². The van der Waals surface area contributed by atoms with Crippen molar-refractivity contribution in [1.29, 1.82) is 0 Å². The first kappa shape index (κ1) is 29.5. The van der Waals surface area contributed by atoms with Gasteiger partial charge < -0.3 is 29.3 Å². The van der Waals surface area contributed by atoms with E-state index in [-0.39, 0.29) is 17.3 Å². The molecule has 4 heterocycles. The molecule has 5 rings (SSSR count). The molecule has 2 aliphatic rings. The van der Waals surface area contributed by atoms with E-state index in [2.05, 4.69) is 15.2 Å². The van der Waals surface area contributed by atoms with E-state index in [4.69, 9.17) is 4.74 Å². The molecule has 0 radical (unpaired) electrons. The summed E-state index contributed by atoms with van der Waals surface area (Å²) in [5.74, 6) is -1.02. The number of hydrogen-bond donors (Lipinski definition) is 1. The lowest BCUT2D eigenvalue weighted by atomic mass is 10.0. The van der Waals surface area contributed by atoms with Gasteiger partial charge in [-0.25, -0.2) is 9.37 Å². The van der Waals surface area contributed by atoms with E-state index >= 15 is 4.39 Å². The zero-order valence-corrected chi connectivity index (χ0v) is 23.5. The number of alkyl halides is 3. The van der Waals surface area contributed by atoms with Gasteiger partial charge in [0, 0.05) is 63.6 Å². The average molecular weight is 589 g/mol. The molecule has 0 spiro atoms. The van der Waals surface area contributed by atoms with Crippen molar-refractivity contribution in [3.05, 3.63) is 69.9 Å². The Morgan fingerprint density at radius 1 is 1.05 bits per heavy atom. The molecule has 2 aromatic heterocycles. The van der Waals surface area contributed by atoms with Crippen LogP contribution in [0.1, 0.15) is 22.8 Å². The zero-order chi connectivity index (χ0) is 30.2. The lowest BCUT2D eigenvalue weighted by Gasteiger charge is -2.39. The van der Waals surface area contributed by atoms with Gasteiger partial charge >= 0.3 is 6.18 Å². The molecule has 0 bridgehead atoms. The van der Waals surface area contributed by atoms with Gasteiger partial charge in [-0.3, -0.25) is 9.59 Å². The van der Waals surface area contributed by atoms with Crippen molar-refractivity contribution in [3.63, 3.8) is 0 Å². The van der Waals surface area contributed by atoms with Crippen molar-refractivity contribution in [3.8, 4) is 11.3 Å². The number of rotatable bonds is 5. The molecule has 1 amide bonds. The number of hydrogen-bond acceptors (Lipinski definition) is 7. The molecular weight excluding hydrogens is 556 g/mol. The van der Waals surface area contributed by atoms with E-state index in [1.54, 1.807) is 12.1 Å². The molecule has 0 unspecified atom stereocenters. The second-order valence-electron chi connectivity index (χ2n) is 10.6. The fourth-order valence-corrected chi connectivity index (χ4v) is 5.16. The number of nitrogens with zero attached hydrogens (tertiary/aromatic N) is 5. The average Bonchev–Trinajstić information content (AvgIpc) is 2.96. The number of halogens is 4. The summed E-state index contributed by atoms with van der Waals surface area (Å²) in [5, 5.41) is 2.59. The van der Waals surface area contributed by atoms with E-state index < -0.39 is 34.6 Å². The van der Waals surface area contributed by atoms with E-state index in [0.29, 0.717) is 69.2 Å². The summed E-state index contributed by atoms with van der Waals surface area (Å²) in [7, 11) is 3.24. The van der Waals surface area contributed by atoms with Gasteiger partial charge in [0.15, 0.2) is 0 Å². The summed E-state index contributed by atoms with van der Waals surface area (Å²) in [4.78, 5) is 36.1. The number of pyridine rings is 2. The molecule has 224 valence electrons. The minimum absolute atomic E-state index is 0.0860. The number of carbonyl (C=O) groups excluding carboxylic acids is 1. The van der Waals surface area contributed by atoms with Crippen LogP contribution >= 0.6 is 0 Å². The number of carbonyl (C=O) groups is 1. The summed E-state index contributed by atoms with van der Waals surface area (Å²) in [6.07, 6.45) is -4.08. The van der Waals surface area contributed by atoms with Crippen molar-refractivity contribution < 1.29 is 27.1 Å². The number of anilines is 3. The number of ether oxygens (including phenoxy) is 1. The van der Waals surface area contributed by atoms with Crippen LogP contribution in [0.25, 0.3) is 11.3 Å². The summed E-state index contributed by atoms with van der Waals surface area (Å²) >= 11 is 0. The molecule has 0 saturated carbocycles. The quantitative estimate of drug-likeness (QED) is 0.454. The van der Waals surface area contributed by atoms with Gasteiger partial charge in [0.1, 0.15) is 11.6 Å². The Bertz CT molecular complexity index is 1540. The Morgan fingerprint density at radius 3 is 2.48 bits per heavy atom. The van der Waals surface area contributed by atoms with Gasteiger partial charge in [0.05, 0.1) is 41.4 Å². The van der Waals surface area contributed by atoms with Crippen LogP contribution in [0.4, 0.5) is 34.8 Å². The standard InChI is InChI=1S/C29H32F4N6O3/c1-18-16-39(8-7-36(18)2)25-15-22(30)19(23-5-4-6-26(34-23)38-9-11-42-12-10-38)13-24(25)35-28(41)20-17-37(3)27(40)14-21(20)29(31,32)33/h4-6,13-15,17-18H,7-12,16H2,1-3H3,(H,35,41)/t18-/m1/s1. The largest absolute Gasteiger partial charge is 0.417 e. The number of morpholine rings is 1. The molecule has 2 saturated heterocycles. The first-order valence-corrected chi connectivity index (χ1v) is 13.6. The fraction of sp³-hybridized carbons (Fsp3) is 0.414. The number of benzene rings is 1. The van der Waals surface area contributed by atoms with E-state index in [0.717, 1.165) is 10.8 Å². The minimum atomic E-state index is -4.94. The summed E-state index contributed by atoms with van der Waals surface area (Å²) in [5.41, 5.74) is -2.10. The Kier molecular flexibility index (Phi) is 8.24. The van der Waals surface area contributed by atoms with E-state index in [1.165, 1.54) is 19.2 Å². The molecule has 42 heavy (non-hydrogen) atoms. The molecule has 3 aromatic rings. The third-order valence-electron chi connectivity index (χ3n) is 7.76. The highest BCUT2D eigenvalue weighted by molar-refractivity contribution is 6.07. The van der Waals surface area contributed by atoms with E-state index in [1.807, 2.05) is 29.8 Å². The summed E-state index contributed by atoms with van der Waals surface area (Å²) < 4.78 is 63.6. The summed E-state index contributed by atoms with van der Waals surface area (Å²) in [6.45, 7) is 6.04. The SMILES string of the molecule is C[C@@H]1CN(c2cc(F)c(-c3cccc(N4CCOCC4)n3)cc2NC(=O)c2cn(C)c(=O)cc2C(F)(F)F)CCN1C. The number of piperazine rings is 1. The second-order valence-corrected chi connectivity index (χ2v) is 10.6. The minimum Gasteiger partial charge on any atom is -0.378 e. The Balaban J connectivity index is 1.58. The maximum Gasteiger partial charge on any atom is 0.417 e. The lowest BCUT2D eigenvalue weighted by Crippen LogP contribution is -2.50. The molecule has 1 atom stereocenters. The number of likely N-dealkylation sites (N-methyl/N-ethyl adjacent to an activating group) is 1. The van der Waals surface area contributed by atoms with E-state index in [9.17, 15) is 22.8 Å². The van der Waals surface area contributed by atoms with Crippen molar-refractivity contribution in [2.75, 3.05) is 68.1 Å².